The van der Waals surface area contributed by atoms with Crippen LogP contribution in [0.4, 0.5) is 0 Å². The molecule has 0 aliphatic heterocycles. The lowest BCUT2D eigenvalue weighted by Gasteiger charge is -2.00. The fourth-order valence-corrected chi connectivity index (χ4v) is 2.00. The number of nitrogens with two attached hydrogens (primary N) is 1. The van der Waals surface area contributed by atoms with Crippen molar-refractivity contribution in [2.24, 2.45) is 5.73 Å². The van der Waals surface area contributed by atoms with Crippen LogP contribution in [0.15, 0.2) is 41.1 Å². The minimum Gasteiger partial charge on any atom is -0.332 e. The minimum absolute atomic E-state index is 0.462. The first-order chi connectivity index (χ1) is 9.38. The van der Waals surface area contributed by atoms with E-state index in [4.69, 9.17) is 10.3 Å². The molecule has 5 heteroatoms. The van der Waals surface area contributed by atoms with E-state index in [1.165, 1.54) is 0 Å². The van der Waals surface area contributed by atoms with Crippen molar-refractivity contribution in [2.75, 3.05) is 6.54 Å². The lowest BCUT2D eigenvalue weighted by atomic mass is 10.1. The van der Waals surface area contributed by atoms with Crippen molar-refractivity contribution in [2.45, 2.75) is 12.8 Å². The first kappa shape index (κ1) is 11.8. The number of hydrogen-bond donors (Lipinski definition) is 1. The maximum atomic E-state index is 5.47. The van der Waals surface area contributed by atoms with Gasteiger partial charge in [-0.3, -0.25) is 4.98 Å². The zero-order valence-electron chi connectivity index (χ0n) is 10.4. The topological polar surface area (TPSA) is 77.8 Å². The SMILES string of the molecule is NCCCc1noc(-c2nccc3ccccc23)n1. The second kappa shape index (κ2) is 5.16. The smallest absolute Gasteiger partial charge is 0.277 e. The normalized spacial score (nSPS) is 11.0. The number of aromatic nitrogens is 3. The standard InChI is InChI=1S/C14H14N4O/c15-8-3-6-12-17-14(19-18-12)13-11-5-2-1-4-10(11)7-9-16-13/h1-2,4-5,7,9H,3,6,8,15H2. The van der Waals surface area contributed by atoms with Crippen molar-refractivity contribution in [1.29, 1.82) is 0 Å². The fraction of sp³-hybridized carbons (Fsp3) is 0.214. The molecule has 2 N–H and O–H groups in total. The van der Waals surface area contributed by atoms with Gasteiger partial charge < -0.3 is 10.3 Å². The molecule has 0 aliphatic carbocycles. The van der Waals surface area contributed by atoms with E-state index in [-0.39, 0.29) is 0 Å². The molecular weight excluding hydrogens is 240 g/mol. The third-order valence-corrected chi connectivity index (χ3v) is 2.95. The molecule has 2 heterocycles. The Balaban J connectivity index is 2.02. The molecular formula is C14H14N4O. The molecule has 1 aromatic carbocycles. The van der Waals surface area contributed by atoms with Crippen LogP contribution in [-0.2, 0) is 6.42 Å². The van der Waals surface area contributed by atoms with E-state index in [2.05, 4.69) is 15.1 Å². The quantitative estimate of drug-likeness (QED) is 0.772. The Kier molecular flexibility index (Phi) is 3.20. The van der Waals surface area contributed by atoms with Gasteiger partial charge >= 0.3 is 0 Å². The molecule has 0 atom stereocenters. The third-order valence-electron chi connectivity index (χ3n) is 2.95. The molecule has 96 valence electrons. The van der Waals surface area contributed by atoms with Gasteiger partial charge in [0.1, 0.15) is 5.69 Å². The lowest BCUT2D eigenvalue weighted by molar-refractivity contribution is 0.421. The summed E-state index contributed by atoms with van der Waals surface area (Å²) in [6.45, 7) is 0.621. The fourth-order valence-electron chi connectivity index (χ4n) is 2.00. The Bertz CT molecular complexity index is 687. The summed E-state index contributed by atoms with van der Waals surface area (Å²) in [4.78, 5) is 8.72. The van der Waals surface area contributed by atoms with E-state index < -0.39 is 0 Å². The predicted octanol–water partition coefficient (Wildman–Crippen LogP) is 2.18. The highest BCUT2D eigenvalue weighted by Gasteiger charge is 2.12. The third kappa shape index (κ3) is 2.32. The summed E-state index contributed by atoms with van der Waals surface area (Å²) in [6, 6.07) is 9.96. The van der Waals surface area contributed by atoms with Gasteiger partial charge in [-0.05, 0) is 24.4 Å². The summed E-state index contributed by atoms with van der Waals surface area (Å²) >= 11 is 0. The molecule has 0 amide bonds. The highest BCUT2D eigenvalue weighted by molar-refractivity contribution is 5.92. The Labute approximate surface area is 110 Å². The van der Waals surface area contributed by atoms with Gasteiger partial charge in [0.15, 0.2) is 5.82 Å². The molecule has 0 spiro atoms. The van der Waals surface area contributed by atoms with Crippen molar-refractivity contribution in [3.63, 3.8) is 0 Å². The van der Waals surface area contributed by atoms with E-state index in [0.29, 0.717) is 18.3 Å². The van der Waals surface area contributed by atoms with Gasteiger partial charge in [-0.2, -0.15) is 4.98 Å². The summed E-state index contributed by atoms with van der Waals surface area (Å²) in [5.74, 6) is 1.14. The average molecular weight is 254 g/mol. The Morgan fingerprint density at radius 1 is 1.16 bits per heavy atom. The summed E-state index contributed by atoms with van der Waals surface area (Å²) in [6.07, 6.45) is 3.33. The Hall–Kier alpha value is -2.27. The summed E-state index contributed by atoms with van der Waals surface area (Å²) < 4.78 is 5.29. The number of fused-ring (bicyclic) bond motifs is 1. The molecule has 3 aromatic rings. The van der Waals surface area contributed by atoms with Crippen LogP contribution in [0.25, 0.3) is 22.4 Å². The molecule has 0 radical (unpaired) electrons. The molecule has 19 heavy (non-hydrogen) atoms. The molecule has 0 bridgehead atoms. The molecule has 0 saturated heterocycles. The van der Waals surface area contributed by atoms with Gasteiger partial charge in [-0.25, -0.2) is 0 Å². The largest absolute Gasteiger partial charge is 0.332 e. The van der Waals surface area contributed by atoms with Crippen LogP contribution < -0.4 is 5.73 Å². The van der Waals surface area contributed by atoms with E-state index >= 15 is 0 Å². The Morgan fingerprint density at radius 3 is 2.95 bits per heavy atom. The van der Waals surface area contributed by atoms with Gasteiger partial charge in [0.25, 0.3) is 5.89 Å². The second-order valence-corrected chi connectivity index (χ2v) is 4.29. The van der Waals surface area contributed by atoms with E-state index in [0.717, 1.165) is 29.3 Å². The first-order valence-electron chi connectivity index (χ1n) is 6.25. The van der Waals surface area contributed by atoms with Crippen LogP contribution >= 0.6 is 0 Å². The first-order valence-corrected chi connectivity index (χ1v) is 6.25. The zero-order valence-corrected chi connectivity index (χ0v) is 10.4. The molecule has 0 aliphatic rings. The number of pyridine rings is 1. The molecule has 0 fully saturated rings. The number of rotatable bonds is 4. The van der Waals surface area contributed by atoms with E-state index in [9.17, 15) is 0 Å². The number of nitrogens with zero attached hydrogens (tertiary/aromatic N) is 3. The second-order valence-electron chi connectivity index (χ2n) is 4.29. The van der Waals surface area contributed by atoms with Gasteiger partial charge in [0.05, 0.1) is 0 Å². The summed E-state index contributed by atoms with van der Waals surface area (Å²) in [5.41, 5.74) is 6.20. The van der Waals surface area contributed by atoms with Gasteiger partial charge in [-0.1, -0.05) is 29.4 Å². The highest BCUT2D eigenvalue weighted by Crippen LogP contribution is 2.24. The van der Waals surface area contributed by atoms with Gasteiger partial charge in [-0.15, -0.1) is 0 Å². The predicted molar refractivity (Wildman–Crippen MR) is 72.4 cm³/mol. The Morgan fingerprint density at radius 2 is 2.05 bits per heavy atom. The maximum Gasteiger partial charge on any atom is 0.277 e. The van der Waals surface area contributed by atoms with Crippen LogP contribution in [0.3, 0.4) is 0 Å². The van der Waals surface area contributed by atoms with E-state index in [1.807, 2.05) is 30.3 Å². The van der Waals surface area contributed by atoms with Crippen LogP contribution in [0.5, 0.6) is 0 Å². The molecule has 3 rings (SSSR count). The van der Waals surface area contributed by atoms with Crippen molar-refractivity contribution >= 4 is 10.8 Å². The maximum absolute atomic E-state index is 5.47. The minimum atomic E-state index is 0.462. The monoisotopic (exact) mass is 254 g/mol. The molecule has 0 unspecified atom stereocenters. The van der Waals surface area contributed by atoms with Crippen LogP contribution in [0.2, 0.25) is 0 Å². The number of aryl methyl sites for hydroxylation is 1. The highest BCUT2D eigenvalue weighted by atomic mass is 16.5. The van der Waals surface area contributed by atoms with Crippen LogP contribution in [0, 0.1) is 0 Å². The zero-order chi connectivity index (χ0) is 13.1. The van der Waals surface area contributed by atoms with Crippen molar-refractivity contribution < 1.29 is 4.52 Å². The average Bonchev–Trinajstić information content (AvgIpc) is 2.93. The van der Waals surface area contributed by atoms with Crippen molar-refractivity contribution in [3.8, 4) is 11.6 Å². The lowest BCUT2D eigenvalue weighted by Crippen LogP contribution is -2.01. The number of hydrogen-bond acceptors (Lipinski definition) is 5. The van der Waals surface area contributed by atoms with Gasteiger partial charge in [0, 0.05) is 18.0 Å². The van der Waals surface area contributed by atoms with Crippen LogP contribution in [-0.4, -0.2) is 21.7 Å². The summed E-state index contributed by atoms with van der Waals surface area (Å²) in [7, 11) is 0. The number of benzene rings is 1. The molecule has 0 saturated carbocycles. The van der Waals surface area contributed by atoms with Gasteiger partial charge in [0.2, 0.25) is 0 Å². The van der Waals surface area contributed by atoms with E-state index in [1.54, 1.807) is 6.20 Å². The molecule has 5 nitrogen and oxygen atoms in total. The van der Waals surface area contributed by atoms with Crippen molar-refractivity contribution in [3.05, 3.63) is 42.4 Å². The molecule has 2 aromatic heterocycles. The summed E-state index contributed by atoms with van der Waals surface area (Å²) in [5, 5.41) is 6.07. The van der Waals surface area contributed by atoms with Crippen molar-refractivity contribution in [1.82, 2.24) is 15.1 Å². The van der Waals surface area contributed by atoms with Crippen LogP contribution in [0.1, 0.15) is 12.2 Å².